The lowest BCUT2D eigenvalue weighted by Gasteiger charge is -2.22. The third-order valence-corrected chi connectivity index (χ3v) is 4.84. The van der Waals surface area contributed by atoms with E-state index in [0.717, 1.165) is 38.2 Å². The van der Waals surface area contributed by atoms with Crippen molar-refractivity contribution in [2.45, 2.75) is 12.8 Å². The van der Waals surface area contributed by atoms with Crippen LogP contribution in [0.15, 0.2) is 48.5 Å². The number of amides is 1. The van der Waals surface area contributed by atoms with E-state index in [-0.39, 0.29) is 11.7 Å². The Morgan fingerprint density at radius 2 is 1.79 bits per heavy atom. The molecule has 0 bridgehead atoms. The number of nitriles is 1. The molecule has 1 aliphatic heterocycles. The van der Waals surface area contributed by atoms with Crippen molar-refractivity contribution in [2.75, 3.05) is 39.3 Å². The topological polar surface area (TPSA) is 56.6 Å². The average Bonchev–Trinajstić information content (AvgIpc) is 2.97. The fraction of sp³-hybridized carbons (Fsp3) is 0.364. The van der Waals surface area contributed by atoms with E-state index in [2.05, 4.69) is 11.0 Å². The van der Waals surface area contributed by atoms with Gasteiger partial charge in [0.05, 0.1) is 18.2 Å². The van der Waals surface area contributed by atoms with Gasteiger partial charge in [-0.25, -0.2) is 4.39 Å². The molecule has 1 heterocycles. The predicted octanol–water partition coefficient (Wildman–Crippen LogP) is 3.31. The molecule has 3 rings (SSSR count). The van der Waals surface area contributed by atoms with Gasteiger partial charge in [0.2, 0.25) is 0 Å². The van der Waals surface area contributed by atoms with Crippen molar-refractivity contribution in [3.63, 3.8) is 0 Å². The zero-order valence-corrected chi connectivity index (χ0v) is 15.8. The molecular formula is C22H24FN3O2. The normalized spacial score (nSPS) is 14.9. The van der Waals surface area contributed by atoms with E-state index in [1.165, 1.54) is 12.1 Å². The van der Waals surface area contributed by atoms with Crippen LogP contribution in [0.4, 0.5) is 4.39 Å². The third kappa shape index (κ3) is 5.54. The average molecular weight is 381 g/mol. The van der Waals surface area contributed by atoms with Gasteiger partial charge in [-0.2, -0.15) is 5.26 Å². The first-order valence-corrected chi connectivity index (χ1v) is 9.56. The molecule has 1 aliphatic rings. The van der Waals surface area contributed by atoms with Crippen LogP contribution in [0.3, 0.4) is 0 Å². The van der Waals surface area contributed by atoms with Crippen LogP contribution in [0.1, 0.15) is 28.8 Å². The molecule has 28 heavy (non-hydrogen) atoms. The largest absolute Gasteiger partial charge is 0.494 e. The summed E-state index contributed by atoms with van der Waals surface area (Å²) in [5.41, 5.74) is 1.15. The Kier molecular flexibility index (Phi) is 6.99. The third-order valence-electron chi connectivity index (χ3n) is 4.84. The van der Waals surface area contributed by atoms with E-state index in [0.29, 0.717) is 30.8 Å². The number of benzene rings is 2. The molecule has 0 aliphatic carbocycles. The van der Waals surface area contributed by atoms with Gasteiger partial charge in [-0.3, -0.25) is 4.79 Å². The monoisotopic (exact) mass is 381 g/mol. The first-order chi connectivity index (χ1) is 13.7. The second kappa shape index (κ2) is 9.86. The minimum atomic E-state index is -0.332. The minimum absolute atomic E-state index is 0.0361. The molecule has 1 fully saturated rings. The highest BCUT2D eigenvalue weighted by Gasteiger charge is 2.20. The van der Waals surface area contributed by atoms with Gasteiger partial charge in [-0.1, -0.05) is 0 Å². The van der Waals surface area contributed by atoms with Crippen molar-refractivity contribution >= 4 is 5.91 Å². The number of halogens is 1. The van der Waals surface area contributed by atoms with E-state index in [9.17, 15) is 9.18 Å². The van der Waals surface area contributed by atoms with Crippen molar-refractivity contribution in [2.24, 2.45) is 0 Å². The van der Waals surface area contributed by atoms with Crippen molar-refractivity contribution in [3.8, 4) is 11.8 Å². The molecular weight excluding hydrogens is 357 g/mol. The summed E-state index contributed by atoms with van der Waals surface area (Å²) in [6, 6.07) is 14.9. The number of hydrogen-bond donors (Lipinski definition) is 0. The second-order valence-electron chi connectivity index (χ2n) is 6.83. The summed E-state index contributed by atoms with van der Waals surface area (Å²) >= 11 is 0. The molecule has 0 aromatic heterocycles. The van der Waals surface area contributed by atoms with Crippen LogP contribution < -0.4 is 4.74 Å². The number of ether oxygens (including phenoxy) is 1. The maximum Gasteiger partial charge on any atom is 0.253 e. The van der Waals surface area contributed by atoms with Crippen LogP contribution in [0, 0.1) is 17.1 Å². The molecule has 0 unspecified atom stereocenters. The van der Waals surface area contributed by atoms with Gasteiger partial charge in [-0.15, -0.1) is 0 Å². The van der Waals surface area contributed by atoms with Crippen LogP contribution in [0.2, 0.25) is 0 Å². The van der Waals surface area contributed by atoms with Gasteiger partial charge in [0.1, 0.15) is 11.6 Å². The Balaban J connectivity index is 1.40. The number of nitrogens with zero attached hydrogens (tertiary/aromatic N) is 3. The SMILES string of the molecule is N#Cc1ccc(OCCCN2CCCN(C(=O)c3ccc(F)cc3)CC2)cc1. The Labute approximate surface area is 164 Å². The second-order valence-corrected chi connectivity index (χ2v) is 6.83. The molecule has 0 spiro atoms. The standard InChI is InChI=1S/C22H24FN3O2/c23-20-7-5-19(6-8-20)22(27)26-13-1-11-25(14-15-26)12-2-16-28-21-9-3-18(17-24)4-10-21/h3-10H,1-2,11-16H2. The first-order valence-electron chi connectivity index (χ1n) is 9.56. The minimum Gasteiger partial charge on any atom is -0.494 e. The fourth-order valence-corrected chi connectivity index (χ4v) is 3.28. The molecule has 2 aromatic carbocycles. The molecule has 0 saturated carbocycles. The van der Waals surface area contributed by atoms with Gasteiger partial charge in [0.25, 0.3) is 5.91 Å². The van der Waals surface area contributed by atoms with Crippen LogP contribution in [-0.4, -0.2) is 55.0 Å². The van der Waals surface area contributed by atoms with Crippen LogP contribution >= 0.6 is 0 Å². The first kappa shape index (κ1) is 19.8. The van der Waals surface area contributed by atoms with E-state index >= 15 is 0 Å². The summed E-state index contributed by atoms with van der Waals surface area (Å²) in [6.45, 7) is 4.69. The molecule has 2 aromatic rings. The molecule has 0 N–H and O–H groups in total. The highest BCUT2D eigenvalue weighted by Crippen LogP contribution is 2.13. The highest BCUT2D eigenvalue weighted by atomic mass is 19.1. The quantitative estimate of drug-likeness (QED) is 0.721. The van der Waals surface area contributed by atoms with Gasteiger partial charge >= 0.3 is 0 Å². The summed E-state index contributed by atoms with van der Waals surface area (Å²) in [5.74, 6) is 0.402. The molecule has 0 atom stereocenters. The number of carbonyl (C=O) groups is 1. The number of hydrogen-bond acceptors (Lipinski definition) is 4. The Bertz CT molecular complexity index is 815. The Morgan fingerprint density at radius 1 is 1.04 bits per heavy atom. The van der Waals surface area contributed by atoms with Crippen molar-refractivity contribution < 1.29 is 13.9 Å². The maximum absolute atomic E-state index is 13.0. The Hall–Kier alpha value is -2.91. The molecule has 5 nitrogen and oxygen atoms in total. The van der Waals surface area contributed by atoms with Crippen LogP contribution in [0.25, 0.3) is 0 Å². The smallest absolute Gasteiger partial charge is 0.253 e. The molecule has 1 amide bonds. The lowest BCUT2D eigenvalue weighted by atomic mass is 10.2. The van der Waals surface area contributed by atoms with Gasteiger partial charge < -0.3 is 14.5 Å². The maximum atomic E-state index is 13.0. The summed E-state index contributed by atoms with van der Waals surface area (Å²) < 4.78 is 18.8. The number of carbonyl (C=O) groups excluding carboxylic acids is 1. The van der Waals surface area contributed by atoms with Crippen LogP contribution in [0.5, 0.6) is 5.75 Å². The Morgan fingerprint density at radius 3 is 2.50 bits per heavy atom. The van der Waals surface area contributed by atoms with E-state index in [1.807, 2.05) is 17.0 Å². The highest BCUT2D eigenvalue weighted by molar-refractivity contribution is 5.94. The fourth-order valence-electron chi connectivity index (χ4n) is 3.28. The van der Waals surface area contributed by atoms with Gasteiger partial charge in [0, 0.05) is 31.7 Å². The number of rotatable bonds is 6. The van der Waals surface area contributed by atoms with Gasteiger partial charge in [0.15, 0.2) is 0 Å². The molecule has 1 saturated heterocycles. The van der Waals surface area contributed by atoms with E-state index < -0.39 is 0 Å². The van der Waals surface area contributed by atoms with Crippen molar-refractivity contribution in [1.82, 2.24) is 9.80 Å². The van der Waals surface area contributed by atoms with Crippen molar-refractivity contribution in [3.05, 3.63) is 65.5 Å². The van der Waals surface area contributed by atoms with Gasteiger partial charge in [-0.05, 0) is 67.9 Å². The lowest BCUT2D eigenvalue weighted by molar-refractivity contribution is 0.0761. The summed E-state index contributed by atoms with van der Waals surface area (Å²) in [7, 11) is 0. The molecule has 0 radical (unpaired) electrons. The zero-order valence-electron chi connectivity index (χ0n) is 15.8. The lowest BCUT2D eigenvalue weighted by Crippen LogP contribution is -2.35. The van der Waals surface area contributed by atoms with Crippen LogP contribution in [-0.2, 0) is 0 Å². The summed E-state index contributed by atoms with van der Waals surface area (Å²) in [4.78, 5) is 16.8. The van der Waals surface area contributed by atoms with Crippen molar-refractivity contribution in [1.29, 1.82) is 5.26 Å². The zero-order chi connectivity index (χ0) is 19.8. The summed E-state index contributed by atoms with van der Waals surface area (Å²) in [5, 5.41) is 8.80. The summed E-state index contributed by atoms with van der Waals surface area (Å²) in [6.07, 6.45) is 1.81. The van der Waals surface area contributed by atoms with E-state index in [1.54, 1.807) is 24.3 Å². The van der Waals surface area contributed by atoms with E-state index in [4.69, 9.17) is 10.00 Å². The molecule has 6 heteroatoms. The molecule has 146 valence electrons. The predicted molar refractivity (Wildman–Crippen MR) is 105 cm³/mol.